The monoisotopic (exact) mass is 281 g/mol. The summed E-state index contributed by atoms with van der Waals surface area (Å²) in [6.07, 6.45) is 3.11. The first-order valence-corrected chi connectivity index (χ1v) is 7.40. The molecule has 1 N–H and O–H groups in total. The highest BCUT2D eigenvalue weighted by atomic mass is 35.5. The van der Waals surface area contributed by atoms with E-state index in [1.807, 2.05) is 13.1 Å². The van der Waals surface area contributed by atoms with Gasteiger partial charge in [-0.1, -0.05) is 25.4 Å². The summed E-state index contributed by atoms with van der Waals surface area (Å²) in [6, 6.07) is 4.62. The number of hydrogen-bond acceptors (Lipinski definition) is 2. The van der Waals surface area contributed by atoms with Crippen LogP contribution < -0.4 is 10.1 Å². The maximum absolute atomic E-state index is 6.22. The minimum atomic E-state index is 0.229. The fourth-order valence-corrected chi connectivity index (χ4v) is 3.26. The topological polar surface area (TPSA) is 21.3 Å². The lowest BCUT2D eigenvalue weighted by molar-refractivity contribution is 0.286. The SMILES string of the molecule is CNC(C)CC(C)(C)Cc1cc(Cl)cc2c1OCC2. The van der Waals surface area contributed by atoms with Gasteiger partial charge in [0.05, 0.1) is 6.61 Å². The summed E-state index contributed by atoms with van der Waals surface area (Å²) in [6.45, 7) is 7.63. The van der Waals surface area contributed by atoms with Crippen molar-refractivity contribution in [3.8, 4) is 5.75 Å². The molecule has 1 aliphatic heterocycles. The molecule has 1 aliphatic rings. The number of ether oxygens (including phenoxy) is 1. The summed E-state index contributed by atoms with van der Waals surface area (Å²) in [5.74, 6) is 1.08. The molecule has 0 fully saturated rings. The van der Waals surface area contributed by atoms with Crippen molar-refractivity contribution in [1.82, 2.24) is 5.32 Å². The van der Waals surface area contributed by atoms with Gasteiger partial charge in [-0.3, -0.25) is 0 Å². The number of hydrogen-bond donors (Lipinski definition) is 1. The van der Waals surface area contributed by atoms with Crippen molar-refractivity contribution in [2.24, 2.45) is 5.41 Å². The van der Waals surface area contributed by atoms with Gasteiger partial charge in [0.15, 0.2) is 0 Å². The van der Waals surface area contributed by atoms with Crippen molar-refractivity contribution in [2.75, 3.05) is 13.7 Å². The maximum atomic E-state index is 6.22. The van der Waals surface area contributed by atoms with Crippen LogP contribution in [0.3, 0.4) is 0 Å². The molecule has 0 saturated carbocycles. The fraction of sp³-hybridized carbons (Fsp3) is 0.625. The molecule has 1 heterocycles. The van der Waals surface area contributed by atoms with Crippen LogP contribution in [0.15, 0.2) is 12.1 Å². The molecule has 0 radical (unpaired) electrons. The van der Waals surface area contributed by atoms with Crippen molar-refractivity contribution in [3.63, 3.8) is 0 Å². The van der Waals surface area contributed by atoms with Crippen LogP contribution in [0.4, 0.5) is 0 Å². The van der Waals surface area contributed by atoms with Gasteiger partial charge in [0.25, 0.3) is 0 Å². The minimum absolute atomic E-state index is 0.229. The molecule has 2 nitrogen and oxygen atoms in total. The summed E-state index contributed by atoms with van der Waals surface area (Å²) in [4.78, 5) is 0. The Kier molecular flexibility index (Phi) is 4.42. The molecule has 0 aliphatic carbocycles. The van der Waals surface area contributed by atoms with Crippen LogP contribution in [0.5, 0.6) is 5.75 Å². The highest BCUT2D eigenvalue weighted by Gasteiger charge is 2.25. The van der Waals surface area contributed by atoms with Crippen LogP contribution in [0.1, 0.15) is 38.3 Å². The van der Waals surface area contributed by atoms with Crippen molar-refractivity contribution >= 4 is 11.6 Å². The largest absolute Gasteiger partial charge is 0.493 e. The standard InChI is InChI=1S/C16H24ClNO/c1-11(18-4)9-16(2,3)10-13-8-14(17)7-12-5-6-19-15(12)13/h7-8,11,18H,5-6,9-10H2,1-4H3. The van der Waals surface area contributed by atoms with Gasteiger partial charge >= 0.3 is 0 Å². The Morgan fingerprint density at radius 1 is 1.42 bits per heavy atom. The van der Waals surface area contributed by atoms with Crippen LogP contribution in [-0.4, -0.2) is 19.7 Å². The van der Waals surface area contributed by atoms with E-state index in [1.165, 1.54) is 11.1 Å². The highest BCUT2D eigenvalue weighted by molar-refractivity contribution is 6.30. The second kappa shape index (κ2) is 5.72. The van der Waals surface area contributed by atoms with Crippen LogP contribution in [-0.2, 0) is 12.8 Å². The summed E-state index contributed by atoms with van der Waals surface area (Å²) >= 11 is 6.22. The third-order valence-electron chi connectivity index (χ3n) is 3.85. The Morgan fingerprint density at radius 3 is 2.84 bits per heavy atom. The first-order chi connectivity index (χ1) is 8.91. The van der Waals surface area contributed by atoms with E-state index in [-0.39, 0.29) is 5.41 Å². The Morgan fingerprint density at radius 2 is 2.16 bits per heavy atom. The van der Waals surface area contributed by atoms with Crippen LogP contribution >= 0.6 is 11.6 Å². The molecule has 1 aromatic carbocycles. The van der Waals surface area contributed by atoms with Gasteiger partial charge in [-0.25, -0.2) is 0 Å². The third kappa shape index (κ3) is 3.64. The third-order valence-corrected chi connectivity index (χ3v) is 4.06. The van der Waals surface area contributed by atoms with Crippen molar-refractivity contribution in [2.45, 2.75) is 46.1 Å². The van der Waals surface area contributed by atoms with E-state index in [0.717, 1.165) is 36.6 Å². The Labute approximate surface area is 121 Å². The van der Waals surface area contributed by atoms with Crippen LogP contribution in [0.25, 0.3) is 0 Å². The molecule has 1 aromatic rings. The van der Waals surface area contributed by atoms with Gasteiger partial charge in [0.1, 0.15) is 5.75 Å². The molecule has 1 unspecified atom stereocenters. The number of fused-ring (bicyclic) bond motifs is 1. The summed E-state index contributed by atoms with van der Waals surface area (Å²) in [7, 11) is 2.01. The maximum Gasteiger partial charge on any atom is 0.125 e. The van der Waals surface area contributed by atoms with Crippen LogP contribution in [0.2, 0.25) is 5.02 Å². The molecule has 0 aromatic heterocycles. The molecule has 3 heteroatoms. The first-order valence-electron chi connectivity index (χ1n) is 7.02. The fourth-order valence-electron chi connectivity index (χ4n) is 3.00. The summed E-state index contributed by atoms with van der Waals surface area (Å²) in [5.41, 5.74) is 2.75. The van der Waals surface area contributed by atoms with E-state index in [0.29, 0.717) is 6.04 Å². The molecule has 0 spiro atoms. The Balaban J connectivity index is 2.19. The number of halogens is 1. The summed E-state index contributed by atoms with van der Waals surface area (Å²) in [5, 5.41) is 4.14. The highest BCUT2D eigenvalue weighted by Crippen LogP contribution is 2.37. The van der Waals surface area contributed by atoms with Crippen molar-refractivity contribution in [1.29, 1.82) is 0 Å². The molecule has 1 atom stereocenters. The second-order valence-electron chi connectivity index (χ2n) is 6.39. The predicted octanol–water partition coefficient (Wildman–Crippen LogP) is 3.84. The van der Waals surface area contributed by atoms with Gasteiger partial charge in [-0.15, -0.1) is 0 Å². The van der Waals surface area contributed by atoms with Gasteiger partial charge in [-0.2, -0.15) is 0 Å². The molecule has 106 valence electrons. The van der Waals surface area contributed by atoms with Gasteiger partial charge < -0.3 is 10.1 Å². The zero-order valence-corrected chi connectivity index (χ0v) is 13.1. The van der Waals surface area contributed by atoms with Crippen molar-refractivity contribution < 1.29 is 4.74 Å². The predicted molar refractivity (Wildman–Crippen MR) is 81.3 cm³/mol. The number of nitrogens with one attached hydrogen (secondary N) is 1. The Hall–Kier alpha value is -0.730. The quantitative estimate of drug-likeness (QED) is 0.885. The minimum Gasteiger partial charge on any atom is -0.493 e. The number of benzene rings is 1. The zero-order valence-electron chi connectivity index (χ0n) is 12.3. The zero-order chi connectivity index (χ0) is 14.0. The van der Waals surface area contributed by atoms with E-state index in [2.05, 4.69) is 32.2 Å². The first kappa shape index (κ1) is 14.7. The average molecular weight is 282 g/mol. The molecule has 0 saturated heterocycles. The summed E-state index contributed by atoms with van der Waals surface area (Å²) < 4.78 is 5.79. The van der Waals surface area contributed by atoms with E-state index in [1.54, 1.807) is 0 Å². The van der Waals surface area contributed by atoms with Crippen LogP contribution in [0, 0.1) is 5.41 Å². The Bertz CT molecular complexity index is 456. The molecule has 2 rings (SSSR count). The van der Waals surface area contributed by atoms with E-state index in [9.17, 15) is 0 Å². The van der Waals surface area contributed by atoms with Crippen molar-refractivity contribution in [3.05, 3.63) is 28.3 Å². The molecular weight excluding hydrogens is 258 g/mol. The smallest absolute Gasteiger partial charge is 0.125 e. The van der Waals surface area contributed by atoms with Gasteiger partial charge in [0.2, 0.25) is 0 Å². The van der Waals surface area contributed by atoms with E-state index >= 15 is 0 Å². The molecule has 0 bridgehead atoms. The average Bonchev–Trinajstić information content (AvgIpc) is 2.75. The lowest BCUT2D eigenvalue weighted by Crippen LogP contribution is -2.29. The van der Waals surface area contributed by atoms with E-state index in [4.69, 9.17) is 16.3 Å². The molecule has 0 amide bonds. The second-order valence-corrected chi connectivity index (χ2v) is 6.82. The van der Waals surface area contributed by atoms with Gasteiger partial charge in [-0.05, 0) is 55.5 Å². The lowest BCUT2D eigenvalue weighted by atomic mass is 9.80. The van der Waals surface area contributed by atoms with E-state index < -0.39 is 0 Å². The molecular formula is C16H24ClNO. The molecule has 19 heavy (non-hydrogen) atoms. The lowest BCUT2D eigenvalue weighted by Gasteiger charge is -2.28. The van der Waals surface area contributed by atoms with Gasteiger partial charge in [0, 0.05) is 17.5 Å². The number of rotatable bonds is 5. The normalized spacial score (nSPS) is 16.1.